The maximum Gasteiger partial charge on any atom is 0.251 e. The van der Waals surface area contributed by atoms with Crippen molar-refractivity contribution < 1.29 is 19.0 Å². The van der Waals surface area contributed by atoms with E-state index >= 15 is 0 Å². The number of ether oxygens (including phenoxy) is 1. The number of rotatable bonds is 7. The predicted molar refractivity (Wildman–Crippen MR) is 89.4 cm³/mol. The van der Waals surface area contributed by atoms with Crippen LogP contribution in [0.1, 0.15) is 27.5 Å². The number of nitrogens with one attached hydrogen (secondary N) is 1. The number of aliphatic hydroxyl groups is 1. The van der Waals surface area contributed by atoms with E-state index in [2.05, 4.69) is 5.32 Å². The van der Waals surface area contributed by atoms with Gasteiger partial charge in [-0.2, -0.15) is 0 Å². The normalized spacial score (nSPS) is 11.8. The molecule has 0 aliphatic rings. The van der Waals surface area contributed by atoms with Gasteiger partial charge in [-0.05, 0) is 42.3 Å². The van der Waals surface area contributed by atoms with Gasteiger partial charge in [0.2, 0.25) is 0 Å². The van der Waals surface area contributed by atoms with Gasteiger partial charge in [-0.3, -0.25) is 4.79 Å². The third-order valence-corrected chi connectivity index (χ3v) is 3.59. The van der Waals surface area contributed by atoms with Crippen molar-refractivity contribution in [3.05, 3.63) is 65.0 Å². The van der Waals surface area contributed by atoms with Gasteiger partial charge in [0.1, 0.15) is 18.2 Å². The van der Waals surface area contributed by atoms with Crippen molar-refractivity contribution in [3.8, 4) is 5.75 Å². The molecule has 0 fully saturated rings. The van der Waals surface area contributed by atoms with Gasteiger partial charge in [0, 0.05) is 12.1 Å². The fourth-order valence-corrected chi connectivity index (χ4v) is 2.24. The molecule has 0 spiro atoms. The highest BCUT2D eigenvalue weighted by Crippen LogP contribution is 2.20. The molecule has 1 unspecified atom stereocenters. The zero-order valence-corrected chi connectivity index (χ0v) is 13.5. The third-order valence-electron chi connectivity index (χ3n) is 3.59. The first-order chi connectivity index (χ1) is 11.5. The van der Waals surface area contributed by atoms with E-state index in [4.69, 9.17) is 10.5 Å². The molecule has 2 aromatic rings. The molecule has 0 aliphatic heterocycles. The molecule has 0 heterocycles. The summed E-state index contributed by atoms with van der Waals surface area (Å²) in [5, 5.41) is 12.2. The Hall–Kier alpha value is -2.44. The highest BCUT2D eigenvalue weighted by molar-refractivity contribution is 5.95. The summed E-state index contributed by atoms with van der Waals surface area (Å²) in [7, 11) is 0. The largest absolute Gasteiger partial charge is 0.492 e. The first kappa shape index (κ1) is 17.9. The van der Waals surface area contributed by atoms with E-state index < -0.39 is 6.04 Å². The van der Waals surface area contributed by atoms with E-state index in [0.29, 0.717) is 30.0 Å². The summed E-state index contributed by atoms with van der Waals surface area (Å²) in [5.74, 6) is -0.131. The second-order valence-electron chi connectivity index (χ2n) is 5.38. The molecular weight excluding hydrogens is 311 g/mol. The summed E-state index contributed by atoms with van der Waals surface area (Å²) < 4.78 is 18.5. The Morgan fingerprint density at radius 2 is 2.00 bits per heavy atom. The first-order valence-electron chi connectivity index (χ1n) is 7.66. The van der Waals surface area contributed by atoms with Crippen molar-refractivity contribution in [2.75, 3.05) is 19.8 Å². The van der Waals surface area contributed by atoms with Gasteiger partial charge in [0.15, 0.2) is 0 Å². The molecule has 1 amide bonds. The van der Waals surface area contributed by atoms with Crippen LogP contribution in [0.15, 0.2) is 42.5 Å². The van der Waals surface area contributed by atoms with Gasteiger partial charge in [0.05, 0.1) is 12.6 Å². The van der Waals surface area contributed by atoms with Crippen LogP contribution in [0.25, 0.3) is 0 Å². The number of hydrogen-bond acceptors (Lipinski definition) is 4. The van der Waals surface area contributed by atoms with Crippen LogP contribution in [0.5, 0.6) is 5.75 Å². The molecule has 5 nitrogen and oxygen atoms in total. The summed E-state index contributed by atoms with van der Waals surface area (Å²) >= 11 is 0. The van der Waals surface area contributed by atoms with Crippen LogP contribution in [0.2, 0.25) is 0 Å². The number of carbonyl (C=O) groups is 1. The van der Waals surface area contributed by atoms with Crippen LogP contribution >= 0.6 is 0 Å². The summed E-state index contributed by atoms with van der Waals surface area (Å²) in [4.78, 5) is 12.4. The number of hydrogen-bond donors (Lipinski definition) is 3. The summed E-state index contributed by atoms with van der Waals surface area (Å²) in [5.41, 5.74) is 7.36. The molecule has 1 atom stereocenters. The maximum atomic E-state index is 13.0. The highest BCUT2D eigenvalue weighted by Gasteiger charge is 2.16. The van der Waals surface area contributed by atoms with E-state index in [0.717, 1.165) is 5.56 Å². The average molecular weight is 332 g/mol. The number of halogens is 1. The molecule has 4 N–H and O–H groups in total. The maximum absolute atomic E-state index is 13.0. The van der Waals surface area contributed by atoms with Crippen molar-refractivity contribution >= 4 is 5.91 Å². The number of aliphatic hydroxyl groups excluding tert-OH is 1. The summed E-state index contributed by atoms with van der Waals surface area (Å²) in [6.45, 7) is 2.33. The Morgan fingerprint density at radius 1 is 1.29 bits per heavy atom. The van der Waals surface area contributed by atoms with E-state index in [1.165, 1.54) is 24.3 Å². The van der Waals surface area contributed by atoms with Crippen molar-refractivity contribution in [1.82, 2.24) is 5.32 Å². The number of benzene rings is 2. The Balaban J connectivity index is 2.14. The molecule has 24 heavy (non-hydrogen) atoms. The van der Waals surface area contributed by atoms with Crippen molar-refractivity contribution in [3.63, 3.8) is 0 Å². The Kier molecular flexibility index (Phi) is 6.28. The Morgan fingerprint density at radius 3 is 2.62 bits per heavy atom. The Bertz CT molecular complexity index is 689. The van der Waals surface area contributed by atoms with Gasteiger partial charge in [-0.25, -0.2) is 4.39 Å². The van der Waals surface area contributed by atoms with Gasteiger partial charge >= 0.3 is 0 Å². The third kappa shape index (κ3) is 4.53. The first-order valence-corrected chi connectivity index (χ1v) is 7.66. The lowest BCUT2D eigenvalue weighted by atomic mass is 10.1. The smallest absolute Gasteiger partial charge is 0.251 e. The number of amides is 1. The van der Waals surface area contributed by atoms with Gasteiger partial charge in [-0.15, -0.1) is 0 Å². The fourth-order valence-electron chi connectivity index (χ4n) is 2.24. The van der Waals surface area contributed by atoms with Gasteiger partial charge in [-0.1, -0.05) is 18.2 Å². The average Bonchev–Trinajstić information content (AvgIpc) is 2.59. The summed E-state index contributed by atoms with van der Waals surface area (Å²) in [6.07, 6.45) is 0. The molecule has 0 bridgehead atoms. The number of aryl methyl sites for hydroxylation is 1. The lowest BCUT2D eigenvalue weighted by Gasteiger charge is -2.17. The molecule has 0 saturated carbocycles. The monoisotopic (exact) mass is 332 g/mol. The van der Waals surface area contributed by atoms with Crippen molar-refractivity contribution in [2.45, 2.75) is 13.0 Å². The molecule has 0 saturated heterocycles. The molecule has 2 rings (SSSR count). The predicted octanol–water partition coefficient (Wildman–Crippen LogP) is 1.94. The second kappa shape index (κ2) is 8.42. The minimum Gasteiger partial charge on any atom is -0.492 e. The SMILES string of the molecule is Cc1ccc(C(=O)NC(CO)c2ccc(F)cc2)cc1OCCN. The molecule has 2 aromatic carbocycles. The second-order valence-corrected chi connectivity index (χ2v) is 5.38. The fraction of sp³-hybridized carbons (Fsp3) is 0.278. The van der Waals surface area contributed by atoms with Gasteiger partial charge < -0.3 is 20.9 Å². The molecule has 0 radical (unpaired) electrons. The van der Waals surface area contributed by atoms with Crippen LogP contribution < -0.4 is 15.8 Å². The van der Waals surface area contributed by atoms with Crippen molar-refractivity contribution in [1.29, 1.82) is 0 Å². The van der Waals surface area contributed by atoms with Gasteiger partial charge in [0.25, 0.3) is 5.91 Å². The van der Waals surface area contributed by atoms with Crippen LogP contribution in [-0.2, 0) is 0 Å². The van der Waals surface area contributed by atoms with Crippen LogP contribution in [0.4, 0.5) is 4.39 Å². The molecular formula is C18H21FN2O3. The minimum atomic E-state index is -0.618. The van der Waals surface area contributed by atoms with Crippen LogP contribution in [-0.4, -0.2) is 30.8 Å². The molecule has 0 aromatic heterocycles. The topological polar surface area (TPSA) is 84.6 Å². The summed E-state index contributed by atoms with van der Waals surface area (Å²) in [6, 6.07) is 10.1. The van der Waals surface area contributed by atoms with E-state index in [1.54, 1.807) is 18.2 Å². The zero-order chi connectivity index (χ0) is 17.5. The van der Waals surface area contributed by atoms with Crippen LogP contribution in [0.3, 0.4) is 0 Å². The van der Waals surface area contributed by atoms with Crippen LogP contribution in [0, 0.1) is 12.7 Å². The van der Waals surface area contributed by atoms with Crippen molar-refractivity contribution in [2.24, 2.45) is 5.73 Å². The zero-order valence-electron chi connectivity index (χ0n) is 13.5. The Labute approximate surface area is 140 Å². The minimum absolute atomic E-state index is 0.292. The van der Waals surface area contributed by atoms with E-state index in [-0.39, 0.29) is 18.3 Å². The molecule has 0 aliphatic carbocycles. The highest BCUT2D eigenvalue weighted by atomic mass is 19.1. The van der Waals surface area contributed by atoms with E-state index in [1.807, 2.05) is 6.92 Å². The number of carbonyl (C=O) groups excluding carboxylic acids is 1. The van der Waals surface area contributed by atoms with E-state index in [9.17, 15) is 14.3 Å². The lowest BCUT2D eigenvalue weighted by Crippen LogP contribution is -2.30. The number of nitrogens with two attached hydrogens (primary N) is 1. The standard InChI is InChI=1S/C18H21FN2O3/c1-12-2-3-14(10-17(12)24-9-8-20)18(23)21-16(11-22)13-4-6-15(19)7-5-13/h2-7,10,16,22H,8-9,11,20H2,1H3,(H,21,23). The quantitative estimate of drug-likeness (QED) is 0.723. The molecule has 6 heteroatoms. The molecule has 128 valence electrons. The lowest BCUT2D eigenvalue weighted by molar-refractivity contribution is 0.0915.